The van der Waals surface area contributed by atoms with Crippen LogP contribution in [0.4, 0.5) is 0 Å². The Morgan fingerprint density at radius 3 is 3.06 bits per heavy atom. The summed E-state index contributed by atoms with van der Waals surface area (Å²) in [5, 5.41) is 3.63. The SMILES string of the molecule is COc1ccc(Br)cc1CNC1CCCN(C)C1. The Kier molecular flexibility index (Phi) is 5.03. The molecule has 100 valence electrons. The summed E-state index contributed by atoms with van der Waals surface area (Å²) in [6.07, 6.45) is 2.55. The molecular formula is C14H21BrN2O. The lowest BCUT2D eigenvalue weighted by Crippen LogP contribution is -2.43. The lowest BCUT2D eigenvalue weighted by molar-refractivity contribution is 0.226. The minimum atomic E-state index is 0.590. The fourth-order valence-corrected chi connectivity index (χ4v) is 2.88. The topological polar surface area (TPSA) is 24.5 Å². The van der Waals surface area contributed by atoms with E-state index in [9.17, 15) is 0 Å². The van der Waals surface area contributed by atoms with Crippen LogP contribution in [-0.2, 0) is 6.54 Å². The lowest BCUT2D eigenvalue weighted by Gasteiger charge is -2.30. The predicted molar refractivity (Wildman–Crippen MR) is 78.1 cm³/mol. The van der Waals surface area contributed by atoms with Gasteiger partial charge < -0.3 is 15.0 Å². The number of nitrogens with zero attached hydrogens (tertiary/aromatic N) is 1. The first-order valence-corrected chi connectivity index (χ1v) is 7.22. The fourth-order valence-electron chi connectivity index (χ4n) is 2.47. The van der Waals surface area contributed by atoms with E-state index >= 15 is 0 Å². The third-order valence-electron chi connectivity index (χ3n) is 3.45. The van der Waals surface area contributed by atoms with Gasteiger partial charge in [0.25, 0.3) is 0 Å². The smallest absolute Gasteiger partial charge is 0.123 e. The van der Waals surface area contributed by atoms with Crippen LogP contribution in [0, 0.1) is 0 Å². The van der Waals surface area contributed by atoms with Crippen LogP contribution in [0.25, 0.3) is 0 Å². The third-order valence-corrected chi connectivity index (χ3v) is 3.94. The Bertz CT molecular complexity index is 397. The van der Waals surface area contributed by atoms with Crippen molar-refractivity contribution in [1.82, 2.24) is 10.2 Å². The monoisotopic (exact) mass is 312 g/mol. The third kappa shape index (κ3) is 3.70. The van der Waals surface area contributed by atoms with Gasteiger partial charge in [-0.05, 0) is 44.6 Å². The Labute approximate surface area is 118 Å². The molecule has 4 heteroatoms. The van der Waals surface area contributed by atoms with E-state index in [-0.39, 0.29) is 0 Å². The minimum Gasteiger partial charge on any atom is -0.496 e. The van der Waals surface area contributed by atoms with Crippen LogP contribution in [0.15, 0.2) is 22.7 Å². The molecule has 0 amide bonds. The molecule has 1 aromatic carbocycles. The molecule has 1 heterocycles. The average Bonchev–Trinajstić information content (AvgIpc) is 2.37. The summed E-state index contributed by atoms with van der Waals surface area (Å²) in [5.41, 5.74) is 1.21. The normalized spacial score (nSPS) is 20.9. The summed E-state index contributed by atoms with van der Waals surface area (Å²) in [4.78, 5) is 2.39. The molecule has 1 aromatic rings. The largest absolute Gasteiger partial charge is 0.496 e. The van der Waals surface area contributed by atoms with Gasteiger partial charge in [-0.2, -0.15) is 0 Å². The molecule has 1 N–H and O–H groups in total. The van der Waals surface area contributed by atoms with Gasteiger partial charge >= 0.3 is 0 Å². The number of hydrogen-bond donors (Lipinski definition) is 1. The van der Waals surface area contributed by atoms with Gasteiger partial charge in [0.05, 0.1) is 7.11 Å². The van der Waals surface area contributed by atoms with Crippen LogP contribution in [0.1, 0.15) is 18.4 Å². The standard InChI is InChI=1S/C14H21BrN2O/c1-17-7-3-4-13(10-17)16-9-11-8-12(15)5-6-14(11)18-2/h5-6,8,13,16H,3-4,7,9-10H2,1-2H3. The number of likely N-dealkylation sites (tertiary alicyclic amines) is 1. The number of rotatable bonds is 4. The average molecular weight is 313 g/mol. The van der Waals surface area contributed by atoms with Crippen molar-refractivity contribution in [3.05, 3.63) is 28.2 Å². The highest BCUT2D eigenvalue weighted by Gasteiger charge is 2.16. The van der Waals surface area contributed by atoms with Gasteiger partial charge in [0.1, 0.15) is 5.75 Å². The minimum absolute atomic E-state index is 0.590. The van der Waals surface area contributed by atoms with E-state index in [0.717, 1.165) is 23.3 Å². The van der Waals surface area contributed by atoms with Crippen molar-refractivity contribution in [2.75, 3.05) is 27.2 Å². The van der Waals surface area contributed by atoms with Gasteiger partial charge in [0.2, 0.25) is 0 Å². The van der Waals surface area contributed by atoms with Gasteiger partial charge in [0.15, 0.2) is 0 Å². The van der Waals surface area contributed by atoms with Gasteiger partial charge in [-0.1, -0.05) is 15.9 Å². The number of benzene rings is 1. The Balaban J connectivity index is 1.94. The van der Waals surface area contributed by atoms with Crippen LogP contribution in [0.2, 0.25) is 0 Å². The maximum atomic E-state index is 5.39. The Hall–Kier alpha value is -0.580. The number of piperidine rings is 1. The molecule has 0 spiro atoms. The molecule has 1 fully saturated rings. The predicted octanol–water partition coefficient (Wildman–Crippen LogP) is 2.64. The number of halogens is 1. The van der Waals surface area contributed by atoms with Crippen molar-refractivity contribution in [1.29, 1.82) is 0 Å². The van der Waals surface area contributed by atoms with Crippen molar-refractivity contribution in [3.63, 3.8) is 0 Å². The van der Waals surface area contributed by atoms with Gasteiger partial charge in [-0.15, -0.1) is 0 Å². The zero-order valence-corrected chi connectivity index (χ0v) is 12.7. The number of likely N-dealkylation sites (N-methyl/N-ethyl adjacent to an activating group) is 1. The molecule has 1 aliphatic heterocycles. The van der Waals surface area contributed by atoms with E-state index in [2.05, 4.69) is 39.3 Å². The van der Waals surface area contributed by atoms with Crippen LogP contribution >= 0.6 is 15.9 Å². The number of ether oxygens (including phenoxy) is 1. The molecule has 18 heavy (non-hydrogen) atoms. The molecule has 1 unspecified atom stereocenters. The molecule has 1 saturated heterocycles. The highest BCUT2D eigenvalue weighted by Crippen LogP contribution is 2.23. The Morgan fingerprint density at radius 2 is 2.33 bits per heavy atom. The van der Waals surface area contributed by atoms with Crippen molar-refractivity contribution in [3.8, 4) is 5.75 Å². The number of methoxy groups -OCH3 is 1. The quantitative estimate of drug-likeness (QED) is 0.925. The maximum Gasteiger partial charge on any atom is 0.123 e. The van der Waals surface area contributed by atoms with E-state index < -0.39 is 0 Å². The second-order valence-corrected chi connectivity index (χ2v) is 5.85. The van der Waals surface area contributed by atoms with Crippen LogP contribution < -0.4 is 10.1 Å². The van der Waals surface area contributed by atoms with E-state index in [1.54, 1.807) is 7.11 Å². The molecule has 0 saturated carbocycles. The zero-order valence-electron chi connectivity index (χ0n) is 11.1. The first kappa shape index (κ1) is 13.8. The van der Waals surface area contributed by atoms with Crippen LogP contribution in [0.5, 0.6) is 5.75 Å². The number of hydrogen-bond acceptors (Lipinski definition) is 3. The summed E-state index contributed by atoms with van der Waals surface area (Å²) in [6.45, 7) is 3.22. The van der Waals surface area contributed by atoms with E-state index in [0.29, 0.717) is 6.04 Å². The van der Waals surface area contributed by atoms with Gasteiger partial charge in [-0.3, -0.25) is 0 Å². The lowest BCUT2D eigenvalue weighted by atomic mass is 10.1. The molecule has 0 bridgehead atoms. The highest BCUT2D eigenvalue weighted by molar-refractivity contribution is 9.10. The van der Waals surface area contributed by atoms with Gasteiger partial charge in [0, 0.05) is 29.2 Å². The summed E-state index contributed by atoms with van der Waals surface area (Å²) >= 11 is 3.51. The first-order valence-electron chi connectivity index (χ1n) is 6.43. The number of nitrogens with one attached hydrogen (secondary N) is 1. The molecule has 1 atom stereocenters. The molecule has 0 radical (unpaired) electrons. The molecule has 2 rings (SSSR count). The van der Waals surface area contributed by atoms with Crippen molar-refractivity contribution in [2.24, 2.45) is 0 Å². The van der Waals surface area contributed by atoms with Crippen molar-refractivity contribution >= 4 is 15.9 Å². The second-order valence-electron chi connectivity index (χ2n) is 4.94. The summed E-state index contributed by atoms with van der Waals surface area (Å²) in [6, 6.07) is 6.73. The maximum absolute atomic E-state index is 5.39. The second kappa shape index (κ2) is 6.55. The summed E-state index contributed by atoms with van der Waals surface area (Å²) in [5.74, 6) is 0.954. The molecular weight excluding hydrogens is 292 g/mol. The molecule has 0 aromatic heterocycles. The zero-order chi connectivity index (χ0) is 13.0. The molecule has 3 nitrogen and oxygen atoms in total. The van der Waals surface area contributed by atoms with Crippen molar-refractivity contribution in [2.45, 2.75) is 25.4 Å². The Morgan fingerprint density at radius 1 is 1.50 bits per heavy atom. The molecule has 0 aliphatic carbocycles. The van der Waals surface area contributed by atoms with Crippen LogP contribution in [0.3, 0.4) is 0 Å². The van der Waals surface area contributed by atoms with Crippen molar-refractivity contribution < 1.29 is 4.74 Å². The van der Waals surface area contributed by atoms with E-state index in [4.69, 9.17) is 4.74 Å². The highest BCUT2D eigenvalue weighted by atomic mass is 79.9. The summed E-state index contributed by atoms with van der Waals surface area (Å²) in [7, 11) is 3.91. The summed E-state index contributed by atoms with van der Waals surface area (Å²) < 4.78 is 6.49. The first-order chi connectivity index (χ1) is 8.69. The van der Waals surface area contributed by atoms with E-state index in [1.165, 1.54) is 24.9 Å². The fraction of sp³-hybridized carbons (Fsp3) is 0.571. The van der Waals surface area contributed by atoms with E-state index in [1.807, 2.05) is 12.1 Å². The molecule has 1 aliphatic rings. The van der Waals surface area contributed by atoms with Crippen LogP contribution in [-0.4, -0.2) is 38.2 Å². The van der Waals surface area contributed by atoms with Gasteiger partial charge in [-0.25, -0.2) is 0 Å².